The maximum absolute atomic E-state index is 5.75. The van der Waals surface area contributed by atoms with Gasteiger partial charge in [-0.15, -0.1) is 0 Å². The summed E-state index contributed by atoms with van der Waals surface area (Å²) in [5.74, 6) is 0.899. The highest BCUT2D eigenvalue weighted by Crippen LogP contribution is 2.29. The van der Waals surface area contributed by atoms with Gasteiger partial charge in [0.05, 0.1) is 30.2 Å². The van der Waals surface area contributed by atoms with E-state index >= 15 is 0 Å². The number of aromatic nitrogens is 2. The van der Waals surface area contributed by atoms with Gasteiger partial charge in [-0.3, -0.25) is 9.97 Å². The molecule has 0 aliphatic heterocycles. The standard InChI is InChI=1S/C17H23N3O/c1-4-10-18-17(15-12-19-13(3)11-20-15)14-8-6-7-9-16(14)21-5-2/h6-9,11-12,17-18H,4-5,10H2,1-3H3. The third-order valence-electron chi connectivity index (χ3n) is 3.22. The number of hydrogen-bond acceptors (Lipinski definition) is 4. The molecule has 0 fully saturated rings. The molecule has 1 N–H and O–H groups in total. The topological polar surface area (TPSA) is 47.0 Å². The fourth-order valence-corrected chi connectivity index (χ4v) is 2.22. The molecule has 0 spiro atoms. The molecule has 4 heteroatoms. The molecule has 0 saturated carbocycles. The van der Waals surface area contributed by atoms with Gasteiger partial charge in [-0.2, -0.15) is 0 Å². The summed E-state index contributed by atoms with van der Waals surface area (Å²) in [5, 5.41) is 3.54. The average molecular weight is 285 g/mol. The smallest absolute Gasteiger partial charge is 0.124 e. The van der Waals surface area contributed by atoms with Crippen molar-refractivity contribution in [2.24, 2.45) is 0 Å². The van der Waals surface area contributed by atoms with E-state index in [0.717, 1.165) is 35.7 Å². The number of nitrogens with one attached hydrogen (secondary N) is 1. The highest BCUT2D eigenvalue weighted by atomic mass is 16.5. The van der Waals surface area contributed by atoms with Crippen LogP contribution >= 0.6 is 0 Å². The maximum Gasteiger partial charge on any atom is 0.124 e. The third kappa shape index (κ3) is 4.02. The number of rotatable bonds is 7. The van der Waals surface area contributed by atoms with Gasteiger partial charge in [0.2, 0.25) is 0 Å². The minimum absolute atomic E-state index is 0.000741. The van der Waals surface area contributed by atoms with Gasteiger partial charge in [-0.25, -0.2) is 0 Å². The highest BCUT2D eigenvalue weighted by molar-refractivity contribution is 5.39. The van der Waals surface area contributed by atoms with Gasteiger partial charge in [0.15, 0.2) is 0 Å². The van der Waals surface area contributed by atoms with Crippen molar-refractivity contribution in [1.82, 2.24) is 15.3 Å². The quantitative estimate of drug-likeness (QED) is 0.848. The zero-order valence-electron chi connectivity index (χ0n) is 13.0. The van der Waals surface area contributed by atoms with Crippen LogP contribution in [0.25, 0.3) is 0 Å². The van der Waals surface area contributed by atoms with E-state index in [1.165, 1.54) is 0 Å². The first-order chi connectivity index (χ1) is 10.3. The molecule has 0 radical (unpaired) electrons. The van der Waals surface area contributed by atoms with Crippen molar-refractivity contribution in [3.63, 3.8) is 0 Å². The maximum atomic E-state index is 5.75. The second-order valence-electron chi connectivity index (χ2n) is 4.94. The molecule has 2 rings (SSSR count). The van der Waals surface area contributed by atoms with E-state index in [9.17, 15) is 0 Å². The minimum atomic E-state index is 0.000741. The Bertz CT molecular complexity index is 554. The van der Waals surface area contributed by atoms with Crippen molar-refractivity contribution in [2.75, 3.05) is 13.2 Å². The van der Waals surface area contributed by atoms with Crippen molar-refractivity contribution in [1.29, 1.82) is 0 Å². The average Bonchev–Trinajstić information content (AvgIpc) is 2.51. The predicted octanol–water partition coefficient (Wildman–Crippen LogP) is 3.27. The highest BCUT2D eigenvalue weighted by Gasteiger charge is 2.19. The van der Waals surface area contributed by atoms with Crippen LogP contribution in [0.5, 0.6) is 5.75 Å². The summed E-state index contributed by atoms with van der Waals surface area (Å²) in [6, 6.07) is 8.11. The fourth-order valence-electron chi connectivity index (χ4n) is 2.22. The first-order valence-electron chi connectivity index (χ1n) is 7.49. The van der Waals surface area contributed by atoms with Crippen LogP contribution in [0, 0.1) is 6.92 Å². The lowest BCUT2D eigenvalue weighted by atomic mass is 10.0. The molecule has 1 unspecified atom stereocenters. The van der Waals surface area contributed by atoms with Crippen LogP contribution in [-0.4, -0.2) is 23.1 Å². The number of nitrogens with zero attached hydrogens (tertiary/aromatic N) is 2. The van der Waals surface area contributed by atoms with Gasteiger partial charge < -0.3 is 10.1 Å². The van der Waals surface area contributed by atoms with Crippen LogP contribution < -0.4 is 10.1 Å². The largest absolute Gasteiger partial charge is 0.494 e. The SMILES string of the molecule is CCCNC(c1cnc(C)cn1)c1ccccc1OCC. The predicted molar refractivity (Wildman–Crippen MR) is 84.5 cm³/mol. The van der Waals surface area contributed by atoms with Crippen molar-refractivity contribution < 1.29 is 4.74 Å². The van der Waals surface area contributed by atoms with Gasteiger partial charge in [-0.1, -0.05) is 25.1 Å². The Morgan fingerprint density at radius 2 is 1.95 bits per heavy atom. The van der Waals surface area contributed by atoms with E-state index in [1.54, 1.807) is 6.20 Å². The Labute approximate surface area is 126 Å². The summed E-state index contributed by atoms with van der Waals surface area (Å²) < 4.78 is 5.75. The van der Waals surface area contributed by atoms with Crippen LogP contribution in [0.3, 0.4) is 0 Å². The summed E-state index contributed by atoms with van der Waals surface area (Å²) in [6.07, 6.45) is 4.71. The second kappa shape index (κ2) is 7.74. The molecule has 1 atom stereocenters. The number of hydrogen-bond donors (Lipinski definition) is 1. The van der Waals surface area contributed by atoms with Gasteiger partial charge >= 0.3 is 0 Å². The Hall–Kier alpha value is -1.94. The Morgan fingerprint density at radius 3 is 2.62 bits per heavy atom. The lowest BCUT2D eigenvalue weighted by molar-refractivity contribution is 0.333. The molecule has 0 saturated heterocycles. The van der Waals surface area contributed by atoms with Gasteiger partial charge in [0, 0.05) is 11.8 Å². The van der Waals surface area contributed by atoms with Crippen molar-refractivity contribution in [3.8, 4) is 5.75 Å². The summed E-state index contributed by atoms with van der Waals surface area (Å²) in [6.45, 7) is 7.66. The van der Waals surface area contributed by atoms with Crippen LogP contribution in [0.2, 0.25) is 0 Å². The summed E-state index contributed by atoms with van der Waals surface area (Å²) >= 11 is 0. The molecular formula is C17H23N3O. The van der Waals surface area contributed by atoms with Gasteiger partial charge in [0.1, 0.15) is 5.75 Å². The molecule has 0 amide bonds. The zero-order chi connectivity index (χ0) is 15.1. The van der Waals surface area contributed by atoms with Gasteiger partial charge in [-0.05, 0) is 32.9 Å². The molecule has 0 bridgehead atoms. The van der Waals surface area contributed by atoms with Crippen molar-refractivity contribution in [3.05, 3.63) is 53.6 Å². The molecule has 4 nitrogen and oxygen atoms in total. The van der Waals surface area contributed by atoms with E-state index in [0.29, 0.717) is 6.61 Å². The monoisotopic (exact) mass is 285 g/mol. The van der Waals surface area contributed by atoms with E-state index in [4.69, 9.17) is 4.74 Å². The van der Waals surface area contributed by atoms with Crippen LogP contribution in [0.1, 0.15) is 43.3 Å². The van der Waals surface area contributed by atoms with Crippen molar-refractivity contribution in [2.45, 2.75) is 33.2 Å². The molecule has 1 heterocycles. The van der Waals surface area contributed by atoms with Gasteiger partial charge in [0.25, 0.3) is 0 Å². The number of para-hydroxylation sites is 1. The van der Waals surface area contributed by atoms with Crippen LogP contribution in [-0.2, 0) is 0 Å². The Kier molecular flexibility index (Phi) is 5.69. The van der Waals surface area contributed by atoms with E-state index in [2.05, 4.69) is 28.3 Å². The normalized spacial score (nSPS) is 12.1. The van der Waals surface area contributed by atoms with Crippen LogP contribution in [0.15, 0.2) is 36.7 Å². The first kappa shape index (κ1) is 15.4. The molecule has 112 valence electrons. The van der Waals surface area contributed by atoms with E-state index < -0.39 is 0 Å². The molecule has 21 heavy (non-hydrogen) atoms. The lowest BCUT2D eigenvalue weighted by Gasteiger charge is -2.21. The molecule has 1 aromatic heterocycles. The Balaban J connectivity index is 2.37. The number of aryl methyl sites for hydroxylation is 1. The minimum Gasteiger partial charge on any atom is -0.494 e. The molecule has 0 aliphatic carbocycles. The molecule has 2 aromatic rings. The molecular weight excluding hydrogens is 262 g/mol. The van der Waals surface area contributed by atoms with Crippen molar-refractivity contribution >= 4 is 0 Å². The first-order valence-corrected chi connectivity index (χ1v) is 7.49. The summed E-state index contributed by atoms with van der Waals surface area (Å²) in [4.78, 5) is 8.89. The zero-order valence-corrected chi connectivity index (χ0v) is 13.0. The lowest BCUT2D eigenvalue weighted by Crippen LogP contribution is -2.25. The molecule has 0 aliphatic rings. The number of ether oxygens (including phenoxy) is 1. The Morgan fingerprint density at radius 1 is 1.14 bits per heavy atom. The van der Waals surface area contributed by atoms with Crippen LogP contribution in [0.4, 0.5) is 0 Å². The third-order valence-corrected chi connectivity index (χ3v) is 3.22. The summed E-state index contributed by atoms with van der Waals surface area (Å²) in [5.41, 5.74) is 2.94. The van der Waals surface area contributed by atoms with E-state index in [1.807, 2.05) is 38.2 Å². The van der Waals surface area contributed by atoms with E-state index in [-0.39, 0.29) is 6.04 Å². The fraction of sp³-hybridized carbons (Fsp3) is 0.412. The number of benzene rings is 1. The molecule has 1 aromatic carbocycles. The summed E-state index contributed by atoms with van der Waals surface area (Å²) in [7, 11) is 0. The second-order valence-corrected chi connectivity index (χ2v) is 4.94.